The Kier molecular flexibility index (Phi) is 4.12. The Bertz CT molecular complexity index is 439. The van der Waals surface area contributed by atoms with Gasteiger partial charge in [-0.25, -0.2) is 4.39 Å². The zero-order valence-corrected chi connectivity index (χ0v) is 9.11. The van der Waals surface area contributed by atoms with Gasteiger partial charge in [0.15, 0.2) is 0 Å². The Morgan fingerprint density at radius 1 is 1.33 bits per heavy atom. The van der Waals surface area contributed by atoms with E-state index in [1.165, 1.54) is 6.07 Å². The lowest BCUT2D eigenvalue weighted by atomic mass is 10.1. The minimum atomic E-state index is -0.189. The van der Waals surface area contributed by atoms with E-state index in [2.05, 4.69) is 4.98 Å². The Labute approximate surface area is 94.1 Å². The van der Waals surface area contributed by atoms with Crippen molar-refractivity contribution in [3.05, 3.63) is 35.8 Å². The summed E-state index contributed by atoms with van der Waals surface area (Å²) in [5.74, 6) is -0.189. The van der Waals surface area contributed by atoms with Gasteiger partial charge in [0.1, 0.15) is 5.82 Å². The zero-order valence-electron chi connectivity index (χ0n) is 8.29. The van der Waals surface area contributed by atoms with Gasteiger partial charge >= 0.3 is 0 Å². The molecular formula is C11H14ClFN2. The largest absolute Gasteiger partial charge is 0.361 e. The van der Waals surface area contributed by atoms with E-state index in [9.17, 15) is 4.39 Å². The zero-order chi connectivity index (χ0) is 9.97. The van der Waals surface area contributed by atoms with Crippen LogP contribution in [0.1, 0.15) is 12.0 Å². The molecule has 0 fully saturated rings. The number of fused-ring (bicyclic) bond motifs is 1. The highest BCUT2D eigenvalue weighted by molar-refractivity contribution is 5.85. The summed E-state index contributed by atoms with van der Waals surface area (Å²) in [6, 6.07) is 4.79. The molecule has 0 amide bonds. The van der Waals surface area contributed by atoms with Gasteiger partial charge in [0, 0.05) is 17.1 Å². The monoisotopic (exact) mass is 228 g/mol. The number of H-pyrrole nitrogens is 1. The van der Waals surface area contributed by atoms with Crippen molar-refractivity contribution in [3.8, 4) is 0 Å². The molecule has 1 aromatic carbocycles. The number of benzene rings is 1. The highest BCUT2D eigenvalue weighted by atomic mass is 35.5. The van der Waals surface area contributed by atoms with Gasteiger partial charge in [-0.3, -0.25) is 0 Å². The normalized spacial score (nSPS) is 10.3. The molecule has 0 saturated heterocycles. The van der Waals surface area contributed by atoms with Gasteiger partial charge in [0.05, 0.1) is 0 Å². The van der Waals surface area contributed by atoms with Gasteiger partial charge in [-0.05, 0) is 43.1 Å². The van der Waals surface area contributed by atoms with Crippen LogP contribution in [0.25, 0.3) is 10.9 Å². The average Bonchev–Trinajstić information content (AvgIpc) is 2.57. The van der Waals surface area contributed by atoms with Crippen LogP contribution in [0.3, 0.4) is 0 Å². The van der Waals surface area contributed by atoms with Crippen molar-refractivity contribution in [2.75, 3.05) is 6.54 Å². The SMILES string of the molecule is Cl.NCCCc1c[nH]c2ccc(F)cc12. The van der Waals surface area contributed by atoms with E-state index >= 15 is 0 Å². The van der Waals surface area contributed by atoms with Crippen molar-refractivity contribution in [2.45, 2.75) is 12.8 Å². The summed E-state index contributed by atoms with van der Waals surface area (Å²) in [7, 11) is 0. The molecule has 0 atom stereocenters. The van der Waals surface area contributed by atoms with E-state index in [-0.39, 0.29) is 18.2 Å². The van der Waals surface area contributed by atoms with E-state index in [4.69, 9.17) is 5.73 Å². The summed E-state index contributed by atoms with van der Waals surface area (Å²) in [6.07, 6.45) is 3.77. The molecule has 2 aromatic rings. The topological polar surface area (TPSA) is 41.8 Å². The lowest BCUT2D eigenvalue weighted by molar-refractivity contribution is 0.629. The summed E-state index contributed by atoms with van der Waals surface area (Å²) in [6.45, 7) is 0.669. The standard InChI is InChI=1S/C11H13FN2.ClH/c12-9-3-4-11-10(6-9)8(7-14-11)2-1-5-13;/h3-4,6-7,14H,1-2,5,13H2;1H. The molecule has 0 aliphatic rings. The summed E-state index contributed by atoms with van der Waals surface area (Å²) >= 11 is 0. The number of aryl methyl sites for hydroxylation is 1. The minimum Gasteiger partial charge on any atom is -0.361 e. The molecule has 0 aliphatic carbocycles. The van der Waals surface area contributed by atoms with Gasteiger partial charge in [0.25, 0.3) is 0 Å². The first-order chi connectivity index (χ1) is 6.81. The minimum absolute atomic E-state index is 0. The van der Waals surface area contributed by atoms with Crippen molar-refractivity contribution in [3.63, 3.8) is 0 Å². The maximum atomic E-state index is 13.0. The van der Waals surface area contributed by atoms with Crippen LogP contribution in [0.15, 0.2) is 24.4 Å². The molecular weight excluding hydrogens is 215 g/mol. The number of nitrogens with one attached hydrogen (secondary N) is 1. The number of aromatic amines is 1. The van der Waals surface area contributed by atoms with Crippen molar-refractivity contribution in [2.24, 2.45) is 5.73 Å². The van der Waals surface area contributed by atoms with Crippen LogP contribution in [0.4, 0.5) is 4.39 Å². The summed E-state index contributed by atoms with van der Waals surface area (Å²) < 4.78 is 13.0. The summed E-state index contributed by atoms with van der Waals surface area (Å²) in [4.78, 5) is 3.12. The third-order valence-corrected chi connectivity index (χ3v) is 2.38. The van der Waals surface area contributed by atoms with Gasteiger partial charge < -0.3 is 10.7 Å². The first-order valence-corrected chi connectivity index (χ1v) is 4.77. The summed E-state index contributed by atoms with van der Waals surface area (Å²) in [5, 5.41) is 0.971. The van der Waals surface area contributed by atoms with E-state index < -0.39 is 0 Å². The van der Waals surface area contributed by atoms with Crippen molar-refractivity contribution >= 4 is 23.3 Å². The first kappa shape index (κ1) is 12.0. The summed E-state index contributed by atoms with van der Waals surface area (Å²) in [5.41, 5.74) is 7.56. The smallest absolute Gasteiger partial charge is 0.123 e. The van der Waals surface area contributed by atoms with Crippen LogP contribution in [0.2, 0.25) is 0 Å². The van der Waals surface area contributed by atoms with Crippen LogP contribution in [0, 0.1) is 5.82 Å². The second-order valence-electron chi connectivity index (χ2n) is 3.40. The second-order valence-corrected chi connectivity index (χ2v) is 3.40. The Morgan fingerprint density at radius 3 is 2.87 bits per heavy atom. The van der Waals surface area contributed by atoms with Gasteiger partial charge in [0.2, 0.25) is 0 Å². The Hall–Kier alpha value is -1.06. The molecule has 0 bridgehead atoms. The molecule has 0 aliphatic heterocycles. The van der Waals surface area contributed by atoms with E-state index in [1.807, 2.05) is 6.20 Å². The fourth-order valence-corrected chi connectivity index (χ4v) is 1.65. The number of nitrogens with two attached hydrogens (primary N) is 1. The highest BCUT2D eigenvalue weighted by Gasteiger charge is 2.03. The molecule has 1 heterocycles. The third kappa shape index (κ3) is 2.49. The average molecular weight is 229 g/mol. The van der Waals surface area contributed by atoms with Crippen LogP contribution in [-0.2, 0) is 6.42 Å². The Morgan fingerprint density at radius 2 is 2.13 bits per heavy atom. The molecule has 3 N–H and O–H groups in total. The molecule has 82 valence electrons. The number of aromatic nitrogens is 1. The van der Waals surface area contributed by atoms with E-state index in [0.717, 1.165) is 29.3 Å². The molecule has 0 unspecified atom stereocenters. The quantitative estimate of drug-likeness (QED) is 0.833. The van der Waals surface area contributed by atoms with E-state index in [0.29, 0.717) is 6.54 Å². The van der Waals surface area contributed by atoms with Crippen LogP contribution in [0.5, 0.6) is 0 Å². The third-order valence-electron chi connectivity index (χ3n) is 2.38. The van der Waals surface area contributed by atoms with Gasteiger partial charge in [-0.2, -0.15) is 0 Å². The molecule has 15 heavy (non-hydrogen) atoms. The number of hydrogen-bond acceptors (Lipinski definition) is 1. The Balaban J connectivity index is 0.00000112. The van der Waals surface area contributed by atoms with Crippen LogP contribution in [-0.4, -0.2) is 11.5 Å². The maximum absolute atomic E-state index is 13.0. The van der Waals surface area contributed by atoms with Crippen molar-refractivity contribution in [1.29, 1.82) is 0 Å². The maximum Gasteiger partial charge on any atom is 0.123 e. The molecule has 4 heteroatoms. The number of hydrogen-bond donors (Lipinski definition) is 2. The molecule has 2 nitrogen and oxygen atoms in total. The predicted octanol–water partition coefficient (Wildman–Crippen LogP) is 2.62. The van der Waals surface area contributed by atoms with Crippen molar-refractivity contribution in [1.82, 2.24) is 4.98 Å². The number of halogens is 2. The lowest BCUT2D eigenvalue weighted by Crippen LogP contribution is -1.99. The first-order valence-electron chi connectivity index (χ1n) is 4.77. The second kappa shape index (κ2) is 5.14. The predicted molar refractivity (Wildman–Crippen MR) is 62.9 cm³/mol. The molecule has 0 saturated carbocycles. The van der Waals surface area contributed by atoms with Crippen LogP contribution < -0.4 is 5.73 Å². The molecule has 1 aromatic heterocycles. The number of rotatable bonds is 3. The van der Waals surface area contributed by atoms with Crippen molar-refractivity contribution < 1.29 is 4.39 Å². The van der Waals surface area contributed by atoms with Gasteiger partial charge in [-0.15, -0.1) is 12.4 Å². The molecule has 0 radical (unpaired) electrons. The molecule has 0 spiro atoms. The fourth-order valence-electron chi connectivity index (χ4n) is 1.65. The van der Waals surface area contributed by atoms with Crippen LogP contribution >= 0.6 is 12.4 Å². The van der Waals surface area contributed by atoms with E-state index in [1.54, 1.807) is 12.1 Å². The van der Waals surface area contributed by atoms with Gasteiger partial charge in [-0.1, -0.05) is 0 Å². The fraction of sp³-hybridized carbons (Fsp3) is 0.273. The highest BCUT2D eigenvalue weighted by Crippen LogP contribution is 2.20. The molecule has 2 rings (SSSR count). The lowest BCUT2D eigenvalue weighted by Gasteiger charge is -1.97.